The Labute approximate surface area is 161 Å². The Hall–Kier alpha value is -1.62. The van der Waals surface area contributed by atoms with Crippen LogP contribution in [0.15, 0.2) is 18.3 Å². The highest BCUT2D eigenvalue weighted by molar-refractivity contribution is 5.98. The average molecular weight is 370 g/mol. The molecule has 27 heavy (non-hydrogen) atoms. The van der Waals surface area contributed by atoms with E-state index in [-0.39, 0.29) is 5.91 Å². The third kappa shape index (κ3) is 3.46. The van der Waals surface area contributed by atoms with Crippen LogP contribution in [0.3, 0.4) is 0 Å². The highest BCUT2D eigenvalue weighted by Crippen LogP contribution is 2.61. The van der Waals surface area contributed by atoms with Crippen molar-refractivity contribution >= 4 is 11.7 Å². The molecule has 4 saturated carbocycles. The Morgan fingerprint density at radius 3 is 2.48 bits per heavy atom. The van der Waals surface area contributed by atoms with Gasteiger partial charge in [-0.2, -0.15) is 0 Å². The summed E-state index contributed by atoms with van der Waals surface area (Å²) in [5.41, 5.74) is 1.22. The molecule has 0 spiro atoms. The molecule has 1 N–H and O–H groups in total. The molecule has 0 aromatic carbocycles. The lowest BCUT2D eigenvalue weighted by molar-refractivity contribution is -0.0564. The summed E-state index contributed by atoms with van der Waals surface area (Å²) in [6, 6.07) is 3.76. The molecule has 5 fully saturated rings. The van der Waals surface area contributed by atoms with E-state index in [0.717, 1.165) is 49.6 Å². The minimum Gasteiger partial charge on any atom is -0.378 e. The average Bonchev–Trinajstić information content (AvgIpc) is 2.67. The van der Waals surface area contributed by atoms with Crippen LogP contribution in [0.2, 0.25) is 0 Å². The van der Waals surface area contributed by atoms with Crippen molar-refractivity contribution in [3.8, 4) is 0 Å². The van der Waals surface area contributed by atoms with Gasteiger partial charge in [0, 0.05) is 25.8 Å². The normalized spacial score (nSPS) is 34.7. The zero-order valence-corrected chi connectivity index (χ0v) is 16.2. The van der Waals surface area contributed by atoms with Crippen molar-refractivity contribution in [1.29, 1.82) is 0 Å². The number of carbonyl (C=O) groups is 1. The highest BCUT2D eigenvalue weighted by atomic mass is 16.5. The predicted molar refractivity (Wildman–Crippen MR) is 105 cm³/mol. The zero-order chi connectivity index (χ0) is 18.3. The number of morpholine rings is 1. The second-order valence-corrected chi connectivity index (χ2v) is 9.40. The Morgan fingerprint density at radius 1 is 1.15 bits per heavy atom. The van der Waals surface area contributed by atoms with Gasteiger partial charge < -0.3 is 15.0 Å². The molecule has 1 aliphatic heterocycles. The van der Waals surface area contributed by atoms with Crippen LogP contribution < -0.4 is 10.2 Å². The van der Waals surface area contributed by atoms with Crippen molar-refractivity contribution in [3.63, 3.8) is 0 Å². The number of nitrogens with zero attached hydrogens (tertiary/aromatic N) is 2. The summed E-state index contributed by atoms with van der Waals surface area (Å²) < 4.78 is 5.43. The maximum Gasteiger partial charge on any atom is 0.255 e. The van der Waals surface area contributed by atoms with Gasteiger partial charge in [0.05, 0.1) is 18.8 Å². The molecule has 5 heteroatoms. The quantitative estimate of drug-likeness (QED) is 0.866. The van der Waals surface area contributed by atoms with E-state index in [2.05, 4.69) is 15.2 Å². The molecule has 5 aliphatic rings. The van der Waals surface area contributed by atoms with Crippen LogP contribution >= 0.6 is 0 Å². The molecule has 1 amide bonds. The minimum atomic E-state index is 0.0225. The third-order valence-electron chi connectivity index (χ3n) is 7.45. The van der Waals surface area contributed by atoms with E-state index in [1.165, 1.54) is 38.5 Å². The van der Waals surface area contributed by atoms with Crippen molar-refractivity contribution in [2.24, 2.45) is 23.2 Å². The zero-order valence-electron chi connectivity index (χ0n) is 16.2. The number of ether oxygens (including phenoxy) is 1. The van der Waals surface area contributed by atoms with E-state index in [0.29, 0.717) is 24.2 Å². The van der Waals surface area contributed by atoms with Crippen molar-refractivity contribution in [2.75, 3.05) is 37.7 Å². The number of aromatic nitrogens is 1. The van der Waals surface area contributed by atoms with E-state index in [1.54, 1.807) is 6.20 Å². The fourth-order valence-electron chi connectivity index (χ4n) is 6.73. The maximum atomic E-state index is 12.9. The molecule has 4 aliphatic carbocycles. The Morgan fingerprint density at radius 2 is 1.81 bits per heavy atom. The van der Waals surface area contributed by atoms with Crippen LogP contribution in [0.25, 0.3) is 0 Å². The monoisotopic (exact) mass is 369 g/mol. The number of rotatable bonds is 5. The largest absolute Gasteiger partial charge is 0.378 e. The van der Waals surface area contributed by atoms with Crippen molar-refractivity contribution in [2.45, 2.75) is 44.9 Å². The first-order valence-electron chi connectivity index (χ1n) is 10.8. The first kappa shape index (κ1) is 17.5. The second-order valence-electron chi connectivity index (χ2n) is 9.40. The number of hydrogen-bond acceptors (Lipinski definition) is 4. The molecular weight excluding hydrogens is 338 g/mol. The molecule has 5 nitrogen and oxygen atoms in total. The van der Waals surface area contributed by atoms with Crippen molar-refractivity contribution in [1.82, 2.24) is 10.3 Å². The standard InChI is InChI=1S/C22H31N3O2/c26-21(19-2-1-4-23-20(19)25-6-8-27-9-7-25)24-5-3-22-13-16-10-17(14-22)12-18(11-16)15-22/h1-2,4,16-18H,3,5-15H2,(H,24,26). The first-order chi connectivity index (χ1) is 13.2. The van der Waals surface area contributed by atoms with Gasteiger partial charge in [-0.05, 0) is 80.2 Å². The number of anilines is 1. The first-order valence-corrected chi connectivity index (χ1v) is 10.8. The van der Waals surface area contributed by atoms with Gasteiger partial charge in [-0.1, -0.05) is 0 Å². The van der Waals surface area contributed by atoms with Gasteiger partial charge in [0.25, 0.3) is 5.91 Å². The van der Waals surface area contributed by atoms with Gasteiger partial charge in [-0.25, -0.2) is 4.98 Å². The van der Waals surface area contributed by atoms with E-state index in [9.17, 15) is 4.79 Å². The van der Waals surface area contributed by atoms with E-state index in [4.69, 9.17) is 4.74 Å². The highest BCUT2D eigenvalue weighted by Gasteiger charge is 2.50. The smallest absolute Gasteiger partial charge is 0.255 e. The number of nitrogens with one attached hydrogen (secondary N) is 1. The summed E-state index contributed by atoms with van der Waals surface area (Å²) in [5.74, 6) is 3.73. The van der Waals surface area contributed by atoms with Crippen LogP contribution in [0.4, 0.5) is 5.82 Å². The molecule has 6 rings (SSSR count). The predicted octanol–water partition coefficient (Wildman–Crippen LogP) is 3.25. The fourth-order valence-corrected chi connectivity index (χ4v) is 6.73. The Balaban J connectivity index is 1.22. The fraction of sp³-hybridized carbons (Fsp3) is 0.727. The molecule has 1 saturated heterocycles. The SMILES string of the molecule is O=C(NCCC12CC3CC(CC(C3)C1)C2)c1cccnc1N1CCOCC1. The number of pyridine rings is 1. The van der Waals surface area contributed by atoms with Crippen LogP contribution in [0.1, 0.15) is 55.3 Å². The Bertz CT molecular complexity index is 663. The van der Waals surface area contributed by atoms with E-state index >= 15 is 0 Å². The molecule has 2 heterocycles. The van der Waals surface area contributed by atoms with Crippen molar-refractivity contribution in [3.05, 3.63) is 23.9 Å². The summed E-state index contributed by atoms with van der Waals surface area (Å²) in [6.07, 6.45) is 11.6. The van der Waals surface area contributed by atoms with Gasteiger partial charge in [0.1, 0.15) is 5.82 Å². The number of carbonyl (C=O) groups excluding carboxylic acids is 1. The topological polar surface area (TPSA) is 54.5 Å². The van der Waals surface area contributed by atoms with Gasteiger partial charge >= 0.3 is 0 Å². The third-order valence-corrected chi connectivity index (χ3v) is 7.45. The summed E-state index contributed by atoms with van der Waals surface area (Å²) >= 11 is 0. The maximum absolute atomic E-state index is 12.9. The second kappa shape index (κ2) is 7.08. The molecule has 1 aromatic rings. The molecule has 0 unspecified atom stereocenters. The molecule has 0 radical (unpaired) electrons. The number of amides is 1. The van der Waals surface area contributed by atoms with Crippen molar-refractivity contribution < 1.29 is 9.53 Å². The van der Waals surface area contributed by atoms with Gasteiger partial charge in [0.2, 0.25) is 0 Å². The summed E-state index contributed by atoms with van der Waals surface area (Å²) in [4.78, 5) is 19.5. The lowest BCUT2D eigenvalue weighted by Crippen LogP contribution is -2.47. The Kier molecular flexibility index (Phi) is 4.58. The van der Waals surface area contributed by atoms with Gasteiger partial charge in [-0.3, -0.25) is 4.79 Å². The summed E-state index contributed by atoms with van der Waals surface area (Å²) in [7, 11) is 0. The van der Waals surface area contributed by atoms with Crippen LogP contribution in [0, 0.1) is 23.2 Å². The van der Waals surface area contributed by atoms with Crippen LogP contribution in [-0.2, 0) is 4.74 Å². The minimum absolute atomic E-state index is 0.0225. The van der Waals surface area contributed by atoms with Gasteiger partial charge in [0.15, 0.2) is 0 Å². The lowest BCUT2D eigenvalue weighted by atomic mass is 9.49. The molecule has 4 bridgehead atoms. The van der Waals surface area contributed by atoms with E-state index < -0.39 is 0 Å². The summed E-state index contributed by atoms with van der Waals surface area (Å²) in [5, 5.41) is 3.22. The summed E-state index contributed by atoms with van der Waals surface area (Å²) in [6.45, 7) is 3.78. The lowest BCUT2D eigenvalue weighted by Gasteiger charge is -2.57. The molecule has 0 atom stereocenters. The number of hydrogen-bond donors (Lipinski definition) is 1. The van der Waals surface area contributed by atoms with Crippen LogP contribution in [0.5, 0.6) is 0 Å². The van der Waals surface area contributed by atoms with E-state index in [1.807, 2.05) is 12.1 Å². The molecular formula is C22H31N3O2. The molecule has 146 valence electrons. The van der Waals surface area contributed by atoms with Gasteiger partial charge in [-0.15, -0.1) is 0 Å². The molecule has 1 aromatic heterocycles. The van der Waals surface area contributed by atoms with Crippen LogP contribution in [-0.4, -0.2) is 43.7 Å².